The van der Waals surface area contributed by atoms with Gasteiger partial charge in [-0.3, -0.25) is 19.2 Å². The Bertz CT molecular complexity index is 991. The molecule has 0 aromatic heterocycles. The summed E-state index contributed by atoms with van der Waals surface area (Å²) in [7, 11) is -3.96. The molecule has 1 fully saturated rings. The molecule has 0 spiro atoms. The van der Waals surface area contributed by atoms with Crippen molar-refractivity contribution in [2.24, 2.45) is 0 Å². The summed E-state index contributed by atoms with van der Waals surface area (Å²) in [6.07, 6.45) is 0.298. The van der Waals surface area contributed by atoms with Crippen LogP contribution in [0.1, 0.15) is 12.8 Å². The van der Waals surface area contributed by atoms with Gasteiger partial charge in [-0.05, 0) is 36.4 Å². The molecule has 0 radical (unpaired) electrons. The van der Waals surface area contributed by atoms with Gasteiger partial charge in [0.2, 0.25) is 11.8 Å². The number of anilines is 2. The van der Waals surface area contributed by atoms with E-state index in [0.29, 0.717) is 5.69 Å². The van der Waals surface area contributed by atoms with Crippen LogP contribution in [-0.2, 0) is 19.6 Å². The van der Waals surface area contributed by atoms with Crippen molar-refractivity contribution in [3.05, 3.63) is 51.5 Å². The molecule has 136 valence electrons. The first-order valence-electron chi connectivity index (χ1n) is 7.32. The molecule has 3 rings (SSSR count). The predicted molar refractivity (Wildman–Crippen MR) is 100 cm³/mol. The molecule has 26 heavy (non-hydrogen) atoms. The second kappa shape index (κ2) is 7.08. The van der Waals surface area contributed by atoms with Crippen LogP contribution in [0.5, 0.6) is 0 Å². The largest absolute Gasteiger partial charge is 0.278 e. The average molecular weight is 434 g/mol. The van der Waals surface area contributed by atoms with Crippen LogP contribution in [0.4, 0.5) is 11.4 Å². The van der Waals surface area contributed by atoms with Gasteiger partial charge in [0.15, 0.2) is 0 Å². The molecule has 2 aromatic rings. The summed E-state index contributed by atoms with van der Waals surface area (Å²) < 4.78 is 27.4. The first-order valence-corrected chi connectivity index (χ1v) is 9.94. The van der Waals surface area contributed by atoms with E-state index in [0.717, 1.165) is 4.90 Å². The predicted octanol–water partition coefficient (Wildman–Crippen LogP) is 4.10. The van der Waals surface area contributed by atoms with Crippen molar-refractivity contribution in [3.8, 4) is 0 Å². The van der Waals surface area contributed by atoms with Crippen LogP contribution >= 0.6 is 34.8 Å². The maximum absolute atomic E-state index is 12.5. The molecule has 0 bridgehead atoms. The molecular formula is C16H11Cl3N2O4S. The number of amides is 2. The van der Waals surface area contributed by atoms with Crippen molar-refractivity contribution in [3.63, 3.8) is 0 Å². The number of hydrogen-bond acceptors (Lipinski definition) is 4. The van der Waals surface area contributed by atoms with Gasteiger partial charge in [-0.1, -0.05) is 34.8 Å². The molecule has 1 aliphatic heterocycles. The minimum Gasteiger partial charge on any atom is -0.278 e. The van der Waals surface area contributed by atoms with Crippen LogP contribution in [0.3, 0.4) is 0 Å². The third-order valence-electron chi connectivity index (χ3n) is 3.71. The van der Waals surface area contributed by atoms with Crippen molar-refractivity contribution in [2.75, 3.05) is 9.62 Å². The number of nitrogens with zero attached hydrogens (tertiary/aromatic N) is 1. The summed E-state index contributed by atoms with van der Waals surface area (Å²) in [5, 5.41) is 0.437. The van der Waals surface area contributed by atoms with E-state index >= 15 is 0 Å². The lowest BCUT2D eigenvalue weighted by Crippen LogP contribution is -2.28. The van der Waals surface area contributed by atoms with Crippen LogP contribution in [-0.4, -0.2) is 20.2 Å². The van der Waals surface area contributed by atoms with Gasteiger partial charge in [0.05, 0.1) is 31.3 Å². The highest BCUT2D eigenvalue weighted by Crippen LogP contribution is 2.33. The van der Waals surface area contributed by atoms with Gasteiger partial charge >= 0.3 is 0 Å². The minimum atomic E-state index is -3.96. The van der Waals surface area contributed by atoms with E-state index in [-0.39, 0.29) is 50.3 Å². The Morgan fingerprint density at radius 3 is 1.96 bits per heavy atom. The number of halogens is 3. The lowest BCUT2D eigenvalue weighted by Gasteiger charge is -2.15. The van der Waals surface area contributed by atoms with Crippen molar-refractivity contribution >= 4 is 68.0 Å². The summed E-state index contributed by atoms with van der Waals surface area (Å²) in [6, 6.07) is 8.01. The van der Waals surface area contributed by atoms with Crippen LogP contribution in [0.2, 0.25) is 15.1 Å². The maximum atomic E-state index is 12.5. The summed E-state index contributed by atoms with van der Waals surface area (Å²) in [6.45, 7) is 0. The molecule has 10 heteroatoms. The zero-order valence-corrected chi connectivity index (χ0v) is 16.1. The Morgan fingerprint density at radius 1 is 0.846 bits per heavy atom. The van der Waals surface area contributed by atoms with E-state index < -0.39 is 10.0 Å². The fourth-order valence-corrected chi connectivity index (χ4v) is 4.16. The average Bonchev–Trinajstić information content (AvgIpc) is 2.91. The number of carbonyl (C=O) groups excluding carboxylic acids is 2. The summed E-state index contributed by atoms with van der Waals surface area (Å²) >= 11 is 17.7. The summed E-state index contributed by atoms with van der Waals surface area (Å²) in [5.74, 6) is -0.627. The van der Waals surface area contributed by atoms with Crippen LogP contribution in [0, 0.1) is 0 Å². The third kappa shape index (κ3) is 3.66. The number of benzene rings is 2. The topological polar surface area (TPSA) is 83.6 Å². The molecule has 2 aromatic carbocycles. The quantitative estimate of drug-likeness (QED) is 0.581. The Hall–Kier alpha value is -1.80. The normalized spacial score (nSPS) is 14.8. The van der Waals surface area contributed by atoms with Crippen molar-refractivity contribution in [2.45, 2.75) is 17.7 Å². The first kappa shape index (κ1) is 19.0. The highest BCUT2D eigenvalue weighted by atomic mass is 35.5. The lowest BCUT2D eigenvalue weighted by molar-refractivity contribution is -0.121. The maximum Gasteiger partial charge on any atom is 0.261 e. The highest BCUT2D eigenvalue weighted by molar-refractivity contribution is 7.92. The van der Waals surface area contributed by atoms with Gasteiger partial charge in [-0.15, -0.1) is 0 Å². The molecule has 0 aliphatic carbocycles. The van der Waals surface area contributed by atoms with Crippen molar-refractivity contribution in [1.82, 2.24) is 0 Å². The third-order valence-corrected chi connectivity index (χ3v) is 6.13. The zero-order chi connectivity index (χ0) is 19.1. The SMILES string of the molecule is O=C1CCC(=O)N1c1ccc(S(=O)(=O)Nc2cc(Cl)c(Cl)cc2Cl)cc1. The highest BCUT2D eigenvalue weighted by Gasteiger charge is 2.30. The van der Waals surface area contributed by atoms with Gasteiger partial charge in [0.1, 0.15) is 0 Å². The summed E-state index contributed by atoms with van der Waals surface area (Å²) in [5.41, 5.74) is 0.402. The number of hydrogen-bond donors (Lipinski definition) is 1. The number of sulfonamides is 1. The van der Waals surface area contributed by atoms with Crippen molar-refractivity contribution in [1.29, 1.82) is 0 Å². The van der Waals surface area contributed by atoms with Gasteiger partial charge in [0.25, 0.3) is 10.0 Å². The Labute approximate surface area is 164 Å². The number of rotatable bonds is 4. The molecule has 2 amide bonds. The molecule has 0 unspecified atom stereocenters. The van der Waals surface area contributed by atoms with E-state index in [1.54, 1.807) is 0 Å². The van der Waals surface area contributed by atoms with Gasteiger partial charge < -0.3 is 0 Å². The van der Waals surface area contributed by atoms with Crippen LogP contribution in [0.15, 0.2) is 41.3 Å². The van der Waals surface area contributed by atoms with E-state index in [1.165, 1.54) is 36.4 Å². The van der Waals surface area contributed by atoms with Crippen LogP contribution < -0.4 is 9.62 Å². The zero-order valence-electron chi connectivity index (χ0n) is 13.0. The second-order valence-corrected chi connectivity index (χ2v) is 8.37. The monoisotopic (exact) mass is 432 g/mol. The van der Waals surface area contributed by atoms with E-state index in [9.17, 15) is 18.0 Å². The Balaban J connectivity index is 1.87. The van der Waals surface area contributed by atoms with Gasteiger partial charge in [-0.25, -0.2) is 8.42 Å². The number of imide groups is 1. The second-order valence-electron chi connectivity index (χ2n) is 5.47. The molecule has 1 heterocycles. The fraction of sp³-hybridized carbons (Fsp3) is 0.125. The van der Waals surface area contributed by atoms with Gasteiger partial charge in [0, 0.05) is 12.8 Å². The smallest absolute Gasteiger partial charge is 0.261 e. The molecule has 0 atom stereocenters. The molecule has 6 nitrogen and oxygen atoms in total. The van der Waals surface area contributed by atoms with Gasteiger partial charge in [-0.2, -0.15) is 0 Å². The van der Waals surface area contributed by atoms with E-state index in [2.05, 4.69) is 4.72 Å². The standard InChI is InChI=1S/C16H11Cl3N2O4S/c17-11-7-13(19)14(8-12(11)18)20-26(24,25)10-3-1-9(2-4-10)21-15(22)5-6-16(21)23/h1-4,7-8,20H,5-6H2. The lowest BCUT2D eigenvalue weighted by atomic mass is 10.3. The Kier molecular flexibility index (Phi) is 5.16. The molecule has 1 N–H and O–H groups in total. The van der Waals surface area contributed by atoms with Crippen molar-refractivity contribution < 1.29 is 18.0 Å². The van der Waals surface area contributed by atoms with E-state index in [1.807, 2.05) is 0 Å². The molecular weight excluding hydrogens is 423 g/mol. The van der Waals surface area contributed by atoms with E-state index in [4.69, 9.17) is 34.8 Å². The molecule has 1 aliphatic rings. The minimum absolute atomic E-state index is 0.0671. The van der Waals surface area contributed by atoms with Crippen LogP contribution in [0.25, 0.3) is 0 Å². The molecule has 0 saturated carbocycles. The number of carbonyl (C=O) groups is 2. The molecule has 1 saturated heterocycles. The first-order chi connectivity index (χ1) is 12.2. The summed E-state index contributed by atoms with van der Waals surface area (Å²) in [4.78, 5) is 24.5. The fourth-order valence-electron chi connectivity index (χ4n) is 2.44. The Morgan fingerprint density at radius 2 is 1.38 bits per heavy atom. The number of nitrogens with one attached hydrogen (secondary N) is 1.